The van der Waals surface area contributed by atoms with Crippen molar-refractivity contribution in [3.63, 3.8) is 0 Å². The number of aliphatic hydroxyl groups excluding tert-OH is 1. The Balaban J connectivity index is 1.59. The van der Waals surface area contributed by atoms with Crippen LogP contribution in [0.5, 0.6) is 11.5 Å². The van der Waals surface area contributed by atoms with Gasteiger partial charge in [0.05, 0.1) is 26.0 Å². The normalized spacial score (nSPS) is 17.2. The number of nitrogens with zero attached hydrogens (tertiary/aromatic N) is 2. The van der Waals surface area contributed by atoms with Crippen molar-refractivity contribution in [2.24, 2.45) is 0 Å². The van der Waals surface area contributed by atoms with Crippen LogP contribution in [0.2, 0.25) is 0 Å². The highest BCUT2D eigenvalue weighted by atomic mass is 19.4. The summed E-state index contributed by atoms with van der Waals surface area (Å²) >= 11 is 0. The molecule has 4 N–H and O–H groups in total. The van der Waals surface area contributed by atoms with E-state index in [-0.39, 0.29) is 57.1 Å². The Bertz CT molecular complexity index is 1850. The molecule has 0 fully saturated rings. The van der Waals surface area contributed by atoms with E-state index in [0.29, 0.717) is 0 Å². The third-order valence-corrected chi connectivity index (χ3v) is 7.86. The quantitative estimate of drug-likeness (QED) is 0.213. The Morgan fingerprint density at radius 1 is 1.09 bits per heavy atom. The second-order valence-corrected chi connectivity index (χ2v) is 10.8. The number of methoxy groups -OCH3 is 1. The molecule has 4 aromatic rings. The smallest absolute Gasteiger partial charge is 0.424 e. The summed E-state index contributed by atoms with van der Waals surface area (Å²) in [7, 11) is 2.57. The first-order valence-electron chi connectivity index (χ1n) is 13.7. The molecule has 2 aromatic heterocycles. The molecule has 10 nitrogen and oxygen atoms in total. The number of benzene rings is 2. The molecule has 15 heteroatoms. The van der Waals surface area contributed by atoms with E-state index in [1.54, 1.807) is 0 Å². The summed E-state index contributed by atoms with van der Waals surface area (Å²) < 4.78 is 83.2. The first-order chi connectivity index (χ1) is 21.7. The molecule has 1 aliphatic heterocycles. The maximum absolute atomic E-state index is 14.8. The molecule has 0 aliphatic carbocycles. The van der Waals surface area contributed by atoms with E-state index in [0.717, 1.165) is 36.4 Å². The number of carbonyl (C=O) groups is 2. The zero-order chi connectivity index (χ0) is 33.6. The van der Waals surface area contributed by atoms with E-state index in [4.69, 9.17) is 9.47 Å². The van der Waals surface area contributed by atoms with Crippen molar-refractivity contribution in [1.29, 1.82) is 0 Å². The summed E-state index contributed by atoms with van der Waals surface area (Å²) in [6.07, 6.45) is -5.42. The van der Waals surface area contributed by atoms with Gasteiger partial charge in [0.1, 0.15) is 52.1 Å². The van der Waals surface area contributed by atoms with E-state index in [9.17, 15) is 41.8 Å². The van der Waals surface area contributed by atoms with Crippen molar-refractivity contribution in [3.8, 4) is 22.8 Å². The van der Waals surface area contributed by atoms with Gasteiger partial charge in [-0.25, -0.2) is 18.7 Å². The van der Waals surface area contributed by atoms with Crippen molar-refractivity contribution in [2.45, 2.75) is 30.7 Å². The van der Waals surface area contributed by atoms with E-state index in [2.05, 4.69) is 20.6 Å². The predicted molar refractivity (Wildman–Crippen MR) is 153 cm³/mol. The van der Waals surface area contributed by atoms with Crippen LogP contribution in [-0.4, -0.2) is 65.5 Å². The fraction of sp³-hybridized carbons (Fsp3) is 0.290. The van der Waals surface area contributed by atoms with E-state index in [1.165, 1.54) is 33.2 Å². The molecule has 1 aliphatic rings. The number of ether oxygens (including phenoxy) is 2. The Morgan fingerprint density at radius 2 is 1.78 bits per heavy atom. The third-order valence-electron chi connectivity index (χ3n) is 7.86. The van der Waals surface area contributed by atoms with Crippen molar-refractivity contribution in [2.75, 3.05) is 27.3 Å². The molecule has 242 valence electrons. The minimum absolute atomic E-state index is 0.0128. The number of rotatable bonds is 8. The van der Waals surface area contributed by atoms with Crippen LogP contribution in [0.15, 0.2) is 48.5 Å². The first-order valence-corrected chi connectivity index (χ1v) is 13.7. The second kappa shape index (κ2) is 11.8. The van der Waals surface area contributed by atoms with Gasteiger partial charge in [0.2, 0.25) is 11.5 Å². The molecule has 2 amide bonds. The minimum atomic E-state index is -5.42. The molecule has 0 saturated heterocycles. The number of pyridine rings is 2. The Labute approximate surface area is 258 Å². The van der Waals surface area contributed by atoms with E-state index in [1.807, 2.05) is 0 Å². The van der Waals surface area contributed by atoms with Gasteiger partial charge in [-0.1, -0.05) is 0 Å². The highest BCUT2D eigenvalue weighted by Gasteiger charge is 2.57. The molecular formula is C31H27F5N4O6. The molecular weight excluding hydrogens is 619 g/mol. The van der Waals surface area contributed by atoms with Crippen LogP contribution < -0.4 is 20.1 Å². The minimum Gasteiger partial charge on any atom is -0.494 e. The highest BCUT2D eigenvalue weighted by molar-refractivity contribution is 6.00. The second-order valence-electron chi connectivity index (χ2n) is 10.8. The fourth-order valence-corrected chi connectivity index (χ4v) is 5.17. The van der Waals surface area contributed by atoms with Gasteiger partial charge in [0, 0.05) is 29.1 Å². The van der Waals surface area contributed by atoms with Crippen LogP contribution in [0.1, 0.15) is 34.2 Å². The zero-order valence-corrected chi connectivity index (χ0v) is 24.6. The van der Waals surface area contributed by atoms with Gasteiger partial charge < -0.3 is 30.3 Å². The molecule has 5 rings (SSSR count). The lowest BCUT2D eigenvalue weighted by atomic mass is 9.81. The number of alkyl halides is 3. The molecule has 0 saturated carbocycles. The summed E-state index contributed by atoms with van der Waals surface area (Å²) in [5, 5.41) is 25.2. The van der Waals surface area contributed by atoms with Crippen LogP contribution in [-0.2, 0) is 22.4 Å². The summed E-state index contributed by atoms with van der Waals surface area (Å²) in [6, 6.07) is 8.82. The Hall–Kier alpha value is -4.89. The number of carbonyl (C=O) groups excluding carboxylic acids is 2. The molecule has 2 unspecified atom stereocenters. The number of hydrogen-bond donors (Lipinski definition) is 4. The number of fused-ring (bicyclic) bond motifs is 2. The van der Waals surface area contributed by atoms with Crippen LogP contribution in [0.3, 0.4) is 0 Å². The SMILES string of the molecule is CNC(=O)C1(C)COc2c1cc(C(O)(CNC(=O)c1cc(OC)c3nc(CO)c(F)cc3c1)C(F)(F)F)nc2-c1ccc(F)cc1. The number of aromatic nitrogens is 2. The summed E-state index contributed by atoms with van der Waals surface area (Å²) in [5.74, 6) is -3.23. The Morgan fingerprint density at radius 3 is 2.39 bits per heavy atom. The molecule has 2 atom stereocenters. The number of halogens is 5. The molecule has 2 aromatic carbocycles. The van der Waals surface area contributed by atoms with Crippen LogP contribution >= 0.6 is 0 Å². The fourth-order valence-electron chi connectivity index (χ4n) is 5.17. The summed E-state index contributed by atoms with van der Waals surface area (Å²) in [4.78, 5) is 34.1. The van der Waals surface area contributed by atoms with Gasteiger partial charge in [-0.15, -0.1) is 0 Å². The Kier molecular flexibility index (Phi) is 8.34. The van der Waals surface area contributed by atoms with Gasteiger partial charge in [0.15, 0.2) is 0 Å². The van der Waals surface area contributed by atoms with Crippen LogP contribution in [0.25, 0.3) is 22.2 Å². The zero-order valence-electron chi connectivity index (χ0n) is 24.6. The number of amides is 2. The number of aliphatic hydroxyl groups is 2. The standard InChI is InChI=1S/C31H27F5N4O6/c1-29(28(43)37-2)14-46-26-19(29)11-23(40-25(26)15-4-6-18(32)7-5-15)30(44,31(34,35)36)13-38-27(42)17-8-16-9-20(33)21(12-41)39-24(16)22(10-17)45-3/h4-11,41,44H,12-14H2,1-3H3,(H,37,43)(H,38,42). The molecule has 46 heavy (non-hydrogen) atoms. The number of hydrogen-bond acceptors (Lipinski definition) is 8. The largest absolute Gasteiger partial charge is 0.494 e. The van der Waals surface area contributed by atoms with Crippen molar-refractivity contribution < 1.29 is 51.2 Å². The van der Waals surface area contributed by atoms with Crippen LogP contribution in [0, 0.1) is 11.6 Å². The highest BCUT2D eigenvalue weighted by Crippen LogP contribution is 2.48. The average molecular weight is 647 g/mol. The van der Waals surface area contributed by atoms with Gasteiger partial charge >= 0.3 is 6.18 Å². The molecule has 0 radical (unpaired) electrons. The lowest BCUT2D eigenvalue weighted by Crippen LogP contribution is -2.52. The van der Waals surface area contributed by atoms with Crippen LogP contribution in [0.4, 0.5) is 22.0 Å². The topological polar surface area (TPSA) is 143 Å². The summed E-state index contributed by atoms with van der Waals surface area (Å²) in [5.41, 5.74) is -6.75. The monoisotopic (exact) mass is 646 g/mol. The maximum Gasteiger partial charge on any atom is 0.424 e. The summed E-state index contributed by atoms with van der Waals surface area (Å²) in [6.45, 7) is -0.963. The van der Waals surface area contributed by atoms with Crippen molar-refractivity contribution in [3.05, 3.63) is 82.7 Å². The van der Waals surface area contributed by atoms with Gasteiger partial charge in [-0.05, 0) is 55.5 Å². The first kappa shape index (κ1) is 32.5. The molecule has 3 heterocycles. The number of likely N-dealkylation sites (N-methyl/N-ethyl adjacent to an activating group) is 1. The predicted octanol–water partition coefficient (Wildman–Crippen LogP) is 3.65. The van der Waals surface area contributed by atoms with Gasteiger partial charge in [0.25, 0.3) is 5.91 Å². The molecule has 0 bridgehead atoms. The van der Waals surface area contributed by atoms with E-state index < -0.39 is 59.5 Å². The van der Waals surface area contributed by atoms with E-state index >= 15 is 0 Å². The van der Waals surface area contributed by atoms with Crippen molar-refractivity contribution in [1.82, 2.24) is 20.6 Å². The maximum atomic E-state index is 14.8. The molecule has 0 spiro atoms. The lowest BCUT2D eigenvalue weighted by Gasteiger charge is -2.31. The lowest BCUT2D eigenvalue weighted by molar-refractivity contribution is -0.265. The number of nitrogens with one attached hydrogen (secondary N) is 2. The van der Waals surface area contributed by atoms with Gasteiger partial charge in [-0.2, -0.15) is 13.2 Å². The van der Waals surface area contributed by atoms with Crippen molar-refractivity contribution >= 4 is 22.7 Å². The van der Waals surface area contributed by atoms with Gasteiger partial charge in [-0.3, -0.25) is 9.59 Å². The third kappa shape index (κ3) is 5.45. The average Bonchev–Trinajstić information content (AvgIpc) is 3.38.